The van der Waals surface area contributed by atoms with E-state index in [2.05, 4.69) is 0 Å². The average Bonchev–Trinajstić information content (AvgIpc) is 2.44. The monoisotopic (exact) mass is 278 g/mol. The topological polar surface area (TPSA) is 35.5 Å². The van der Waals surface area contributed by atoms with Gasteiger partial charge in [-0.15, -0.1) is 0 Å². The van der Waals surface area contributed by atoms with Gasteiger partial charge in [0, 0.05) is 5.56 Å². The van der Waals surface area contributed by atoms with Gasteiger partial charge in [-0.05, 0) is 43.3 Å². The van der Waals surface area contributed by atoms with E-state index in [1.165, 1.54) is 12.1 Å². The Kier molecular flexibility index (Phi) is 4.30. The predicted octanol–water partition coefficient (Wildman–Crippen LogP) is 3.97. The molecule has 2 aromatic rings. The fourth-order valence-electron chi connectivity index (χ4n) is 1.63. The largest absolute Gasteiger partial charge is 0.494 e. The molecule has 0 radical (unpaired) electrons. The maximum Gasteiger partial charge on any atom is 0.198 e. The molecule has 0 aliphatic carbocycles. The van der Waals surface area contributed by atoms with Crippen molar-refractivity contribution in [2.75, 3.05) is 6.61 Å². The number of carbonyl (C=O) groups is 1. The smallest absolute Gasteiger partial charge is 0.198 e. The van der Waals surface area contributed by atoms with E-state index in [-0.39, 0.29) is 11.3 Å². The number of hydrogen-bond donors (Lipinski definition) is 0. The molecule has 0 spiro atoms. The number of aldehydes is 1. The third kappa shape index (κ3) is 3.12. The lowest BCUT2D eigenvalue weighted by molar-refractivity contribution is 0.112. The Balaban J connectivity index is 2.23. The minimum absolute atomic E-state index is 0.0842. The first-order chi connectivity index (χ1) is 9.63. The minimum Gasteiger partial charge on any atom is -0.494 e. The zero-order chi connectivity index (χ0) is 14.5. The van der Waals surface area contributed by atoms with Crippen molar-refractivity contribution in [2.45, 2.75) is 6.92 Å². The van der Waals surface area contributed by atoms with Gasteiger partial charge < -0.3 is 9.47 Å². The Hall–Kier alpha value is -2.43. The molecule has 0 aliphatic heterocycles. The van der Waals surface area contributed by atoms with Crippen molar-refractivity contribution in [3.05, 3.63) is 53.6 Å². The van der Waals surface area contributed by atoms with Crippen LogP contribution in [0.3, 0.4) is 0 Å². The third-order valence-corrected chi connectivity index (χ3v) is 2.51. The van der Waals surface area contributed by atoms with Crippen LogP contribution in [0, 0.1) is 11.6 Å². The fraction of sp³-hybridized carbons (Fsp3) is 0.133. The van der Waals surface area contributed by atoms with Gasteiger partial charge in [-0.25, -0.2) is 8.78 Å². The summed E-state index contributed by atoms with van der Waals surface area (Å²) in [7, 11) is 0. The Morgan fingerprint density at radius 3 is 2.10 bits per heavy atom. The van der Waals surface area contributed by atoms with Crippen LogP contribution in [0.25, 0.3) is 0 Å². The lowest BCUT2D eigenvalue weighted by Gasteiger charge is -2.09. The summed E-state index contributed by atoms with van der Waals surface area (Å²) in [4.78, 5) is 10.5. The number of rotatable bonds is 5. The maximum absolute atomic E-state index is 13.6. The van der Waals surface area contributed by atoms with Crippen LogP contribution in [0.15, 0.2) is 36.4 Å². The van der Waals surface area contributed by atoms with Gasteiger partial charge in [-0.3, -0.25) is 4.79 Å². The van der Waals surface area contributed by atoms with Crippen LogP contribution in [0.4, 0.5) is 8.78 Å². The molecule has 5 heteroatoms. The predicted molar refractivity (Wildman–Crippen MR) is 69.4 cm³/mol. The highest BCUT2D eigenvalue weighted by Crippen LogP contribution is 2.29. The third-order valence-electron chi connectivity index (χ3n) is 2.51. The first-order valence-corrected chi connectivity index (χ1v) is 5.99. The summed E-state index contributed by atoms with van der Waals surface area (Å²) in [5.74, 6) is -1.50. The molecule has 0 aromatic heterocycles. The average molecular weight is 278 g/mol. The van der Waals surface area contributed by atoms with Gasteiger partial charge in [0.1, 0.15) is 17.8 Å². The second kappa shape index (κ2) is 6.14. The number of ether oxygens (including phenoxy) is 2. The van der Waals surface area contributed by atoms with E-state index >= 15 is 0 Å². The Morgan fingerprint density at radius 2 is 1.60 bits per heavy atom. The summed E-state index contributed by atoms with van der Waals surface area (Å²) in [6.45, 7) is 2.38. The molecule has 0 saturated heterocycles. The van der Waals surface area contributed by atoms with E-state index in [9.17, 15) is 13.6 Å². The summed E-state index contributed by atoms with van der Waals surface area (Å²) in [6, 6.07) is 8.18. The molecule has 104 valence electrons. The fourth-order valence-corrected chi connectivity index (χ4v) is 1.63. The van der Waals surface area contributed by atoms with E-state index in [1.807, 2.05) is 6.92 Å². The lowest BCUT2D eigenvalue weighted by Crippen LogP contribution is -1.96. The van der Waals surface area contributed by atoms with Gasteiger partial charge in [0.15, 0.2) is 17.4 Å². The molecule has 20 heavy (non-hydrogen) atoms. The highest BCUT2D eigenvalue weighted by Gasteiger charge is 2.13. The van der Waals surface area contributed by atoms with Gasteiger partial charge in [0.05, 0.1) is 6.61 Å². The Morgan fingerprint density at radius 1 is 1.05 bits per heavy atom. The van der Waals surface area contributed by atoms with Crippen molar-refractivity contribution in [3.8, 4) is 17.2 Å². The van der Waals surface area contributed by atoms with Crippen molar-refractivity contribution in [2.24, 2.45) is 0 Å². The normalized spacial score (nSPS) is 10.2. The molecule has 0 unspecified atom stereocenters. The Bertz CT molecular complexity index is 586. The van der Waals surface area contributed by atoms with Crippen LogP contribution < -0.4 is 9.47 Å². The molecule has 0 atom stereocenters. The number of carbonyl (C=O) groups excluding carboxylic acids is 1. The molecule has 0 aliphatic rings. The molecular formula is C15H12F2O3. The number of benzene rings is 2. The van der Waals surface area contributed by atoms with E-state index < -0.39 is 17.4 Å². The van der Waals surface area contributed by atoms with Crippen LogP contribution >= 0.6 is 0 Å². The van der Waals surface area contributed by atoms with Crippen molar-refractivity contribution in [3.63, 3.8) is 0 Å². The quantitative estimate of drug-likeness (QED) is 0.776. The van der Waals surface area contributed by atoms with Crippen LogP contribution in [-0.2, 0) is 0 Å². The molecule has 0 N–H and O–H groups in total. The van der Waals surface area contributed by atoms with Crippen molar-refractivity contribution in [1.29, 1.82) is 0 Å². The second-order valence-corrected chi connectivity index (χ2v) is 3.94. The zero-order valence-corrected chi connectivity index (χ0v) is 10.7. The molecular weight excluding hydrogens is 266 g/mol. The van der Waals surface area contributed by atoms with Crippen LogP contribution in [0.1, 0.15) is 17.3 Å². The first kappa shape index (κ1) is 14.0. The molecule has 0 saturated carbocycles. The SMILES string of the molecule is CCOc1ccc(Oc2c(F)cc(C=O)cc2F)cc1. The molecule has 2 rings (SSSR count). The lowest BCUT2D eigenvalue weighted by atomic mass is 10.2. The van der Waals surface area contributed by atoms with Crippen molar-refractivity contribution in [1.82, 2.24) is 0 Å². The second-order valence-electron chi connectivity index (χ2n) is 3.94. The molecule has 0 amide bonds. The Labute approximate surface area is 114 Å². The molecule has 0 heterocycles. The van der Waals surface area contributed by atoms with Crippen molar-refractivity contribution < 1.29 is 23.0 Å². The van der Waals surface area contributed by atoms with Gasteiger partial charge in [-0.1, -0.05) is 0 Å². The number of hydrogen-bond acceptors (Lipinski definition) is 3. The summed E-state index contributed by atoms with van der Waals surface area (Å²) < 4.78 is 37.7. The van der Waals surface area contributed by atoms with Gasteiger partial charge in [0.25, 0.3) is 0 Å². The van der Waals surface area contributed by atoms with Gasteiger partial charge >= 0.3 is 0 Å². The highest BCUT2D eigenvalue weighted by atomic mass is 19.1. The molecule has 0 bridgehead atoms. The highest BCUT2D eigenvalue weighted by molar-refractivity contribution is 5.75. The van der Waals surface area contributed by atoms with E-state index in [1.54, 1.807) is 12.1 Å². The summed E-state index contributed by atoms with van der Waals surface area (Å²) in [5, 5.41) is 0. The van der Waals surface area contributed by atoms with Gasteiger partial charge in [0.2, 0.25) is 0 Å². The van der Waals surface area contributed by atoms with E-state index in [4.69, 9.17) is 9.47 Å². The van der Waals surface area contributed by atoms with Crippen molar-refractivity contribution >= 4 is 6.29 Å². The minimum atomic E-state index is -0.930. The zero-order valence-electron chi connectivity index (χ0n) is 10.7. The number of halogens is 2. The standard InChI is InChI=1S/C15H12F2O3/c1-2-19-11-3-5-12(6-4-11)20-15-13(16)7-10(9-18)8-14(15)17/h3-9H,2H2,1H3. The summed E-state index contributed by atoms with van der Waals surface area (Å²) >= 11 is 0. The molecule has 2 aromatic carbocycles. The molecule has 3 nitrogen and oxygen atoms in total. The van der Waals surface area contributed by atoms with Crippen LogP contribution in [-0.4, -0.2) is 12.9 Å². The van der Waals surface area contributed by atoms with Crippen LogP contribution in [0.2, 0.25) is 0 Å². The summed E-state index contributed by atoms with van der Waals surface area (Å²) in [5.41, 5.74) is -0.0842. The summed E-state index contributed by atoms with van der Waals surface area (Å²) in [6.07, 6.45) is 0.368. The van der Waals surface area contributed by atoms with E-state index in [0.29, 0.717) is 18.6 Å². The van der Waals surface area contributed by atoms with E-state index in [0.717, 1.165) is 12.1 Å². The first-order valence-electron chi connectivity index (χ1n) is 5.99. The van der Waals surface area contributed by atoms with Gasteiger partial charge in [-0.2, -0.15) is 0 Å². The molecule has 0 fully saturated rings. The van der Waals surface area contributed by atoms with Crippen LogP contribution in [0.5, 0.6) is 17.2 Å². The maximum atomic E-state index is 13.6.